The molecule has 1 aromatic carbocycles. The molecular weight excluding hydrogens is 398 g/mol. The number of likely N-dealkylation sites (tertiary alicyclic amines) is 1. The summed E-state index contributed by atoms with van der Waals surface area (Å²) in [5, 5.41) is 20.4. The third kappa shape index (κ3) is 4.36. The predicted molar refractivity (Wildman–Crippen MR) is 110 cm³/mol. The minimum absolute atomic E-state index is 0.0821. The summed E-state index contributed by atoms with van der Waals surface area (Å²) >= 11 is 5.99. The summed E-state index contributed by atoms with van der Waals surface area (Å²) in [6.07, 6.45) is 1.52. The summed E-state index contributed by atoms with van der Waals surface area (Å²) in [4.78, 5) is 1.84. The number of hydrogen-bond donors (Lipinski definition) is 1. The molecule has 8 heteroatoms. The lowest BCUT2D eigenvalue weighted by Crippen LogP contribution is -2.37. The zero-order valence-electron chi connectivity index (χ0n) is 16.2. The Morgan fingerprint density at radius 1 is 1.21 bits per heavy atom. The van der Waals surface area contributed by atoms with Gasteiger partial charge in [0.05, 0.1) is 12.2 Å². The molecule has 1 fully saturated rings. The van der Waals surface area contributed by atoms with Crippen LogP contribution in [0.2, 0.25) is 5.02 Å². The summed E-state index contributed by atoms with van der Waals surface area (Å²) < 4.78 is 27.2. The molecule has 3 heterocycles. The van der Waals surface area contributed by atoms with Crippen LogP contribution in [0.1, 0.15) is 18.4 Å². The lowest BCUT2D eigenvalue weighted by molar-refractivity contribution is 0.0672. The molecule has 3 aromatic rings. The van der Waals surface area contributed by atoms with E-state index in [2.05, 4.69) is 14.8 Å². The number of aromatic hydroxyl groups is 1. The molecule has 29 heavy (non-hydrogen) atoms. The molecule has 2 aromatic heterocycles. The number of phenols is 1. The molecule has 1 N–H and O–H groups in total. The largest absolute Gasteiger partial charge is 0.507 e. The van der Waals surface area contributed by atoms with Crippen LogP contribution in [0.25, 0.3) is 22.3 Å². The summed E-state index contributed by atoms with van der Waals surface area (Å²) in [5.41, 5.74) is 2.85. The first kappa shape index (κ1) is 20.0. The van der Waals surface area contributed by atoms with Crippen LogP contribution in [0.4, 0.5) is 8.78 Å². The summed E-state index contributed by atoms with van der Waals surface area (Å²) in [7, 11) is 0. The van der Waals surface area contributed by atoms with Crippen molar-refractivity contribution in [3.05, 3.63) is 41.0 Å². The van der Waals surface area contributed by atoms with Gasteiger partial charge in [-0.05, 0) is 68.6 Å². The van der Waals surface area contributed by atoms with E-state index in [1.807, 2.05) is 30.2 Å². The van der Waals surface area contributed by atoms with E-state index in [1.165, 1.54) is 6.07 Å². The topological polar surface area (TPSA) is 54.2 Å². The molecule has 0 spiro atoms. The van der Waals surface area contributed by atoms with Gasteiger partial charge in [-0.3, -0.25) is 4.90 Å². The Labute approximate surface area is 172 Å². The van der Waals surface area contributed by atoms with Gasteiger partial charge in [-0.15, -0.1) is 10.2 Å². The fraction of sp³-hybridized carbons (Fsp3) is 0.429. The minimum Gasteiger partial charge on any atom is -0.507 e. The highest BCUT2D eigenvalue weighted by molar-refractivity contribution is 6.31. The van der Waals surface area contributed by atoms with Crippen molar-refractivity contribution in [1.29, 1.82) is 0 Å². The van der Waals surface area contributed by atoms with Crippen LogP contribution in [0, 0.1) is 12.8 Å². The monoisotopic (exact) mass is 420 g/mol. The Morgan fingerprint density at radius 2 is 1.97 bits per heavy atom. The number of hydrogen-bond acceptors (Lipinski definition) is 4. The molecular formula is C21H23ClF2N4O. The maximum absolute atomic E-state index is 12.5. The third-order valence-electron chi connectivity index (χ3n) is 5.60. The molecule has 1 aliphatic rings. The number of rotatable bonds is 5. The molecule has 0 amide bonds. The number of aryl methyl sites for hydroxylation is 1. The fourth-order valence-corrected chi connectivity index (χ4v) is 4.41. The molecule has 154 valence electrons. The van der Waals surface area contributed by atoms with Crippen molar-refractivity contribution in [3.63, 3.8) is 0 Å². The van der Waals surface area contributed by atoms with Crippen LogP contribution in [0.15, 0.2) is 30.5 Å². The van der Waals surface area contributed by atoms with Crippen molar-refractivity contribution >= 4 is 22.6 Å². The summed E-state index contributed by atoms with van der Waals surface area (Å²) in [6, 6.07) is 7.19. The maximum Gasteiger partial charge on any atom is 0.251 e. The van der Waals surface area contributed by atoms with Crippen LogP contribution in [-0.4, -0.2) is 50.8 Å². The van der Waals surface area contributed by atoms with Gasteiger partial charge < -0.3 is 9.67 Å². The number of aromatic nitrogens is 3. The van der Waals surface area contributed by atoms with Crippen molar-refractivity contribution in [1.82, 2.24) is 19.7 Å². The zero-order chi connectivity index (χ0) is 20.5. The van der Waals surface area contributed by atoms with Gasteiger partial charge >= 0.3 is 0 Å². The van der Waals surface area contributed by atoms with Crippen molar-refractivity contribution in [2.75, 3.05) is 19.6 Å². The van der Waals surface area contributed by atoms with Crippen LogP contribution < -0.4 is 0 Å². The van der Waals surface area contributed by atoms with Gasteiger partial charge in [-0.1, -0.05) is 11.6 Å². The SMILES string of the molecule is Cc1cc(Cl)cc(O)c1-c1cc2ccn(CC3CCN(CC(F)F)CC3)c2nn1. The van der Waals surface area contributed by atoms with Gasteiger partial charge in [0.1, 0.15) is 5.75 Å². The van der Waals surface area contributed by atoms with Crippen LogP contribution in [-0.2, 0) is 6.54 Å². The van der Waals surface area contributed by atoms with Gasteiger partial charge in [0.15, 0.2) is 5.65 Å². The van der Waals surface area contributed by atoms with E-state index in [-0.39, 0.29) is 12.3 Å². The number of halogens is 3. The fourth-order valence-electron chi connectivity index (χ4n) is 4.14. The second kappa shape index (κ2) is 8.24. The number of alkyl halides is 2. The average Bonchev–Trinajstić information content (AvgIpc) is 3.04. The lowest BCUT2D eigenvalue weighted by Gasteiger charge is -2.31. The molecule has 1 aliphatic heterocycles. The first-order valence-corrected chi connectivity index (χ1v) is 10.1. The number of nitrogens with zero attached hydrogens (tertiary/aromatic N) is 4. The molecule has 4 rings (SSSR count). The van der Waals surface area contributed by atoms with Gasteiger partial charge in [0, 0.05) is 28.7 Å². The molecule has 5 nitrogen and oxygen atoms in total. The Balaban J connectivity index is 1.51. The number of piperidine rings is 1. The van der Waals surface area contributed by atoms with Crippen molar-refractivity contribution in [3.8, 4) is 17.0 Å². The maximum atomic E-state index is 12.5. The highest BCUT2D eigenvalue weighted by Crippen LogP contribution is 2.35. The van der Waals surface area contributed by atoms with Crippen LogP contribution in [0.5, 0.6) is 5.75 Å². The normalized spacial score (nSPS) is 16.2. The number of fused-ring (bicyclic) bond motifs is 1. The first-order chi connectivity index (χ1) is 13.9. The van der Waals surface area contributed by atoms with Gasteiger partial charge in [0.2, 0.25) is 0 Å². The molecule has 0 radical (unpaired) electrons. The highest BCUT2D eigenvalue weighted by atomic mass is 35.5. The quantitative estimate of drug-likeness (QED) is 0.647. The van der Waals surface area contributed by atoms with E-state index in [0.717, 1.165) is 36.0 Å². The smallest absolute Gasteiger partial charge is 0.251 e. The molecule has 0 unspecified atom stereocenters. The first-order valence-electron chi connectivity index (χ1n) is 9.73. The minimum atomic E-state index is -2.27. The lowest BCUT2D eigenvalue weighted by atomic mass is 9.97. The van der Waals surface area contributed by atoms with E-state index >= 15 is 0 Å². The van der Waals surface area contributed by atoms with E-state index in [0.29, 0.717) is 35.3 Å². The standard InChI is InChI=1S/C21H23ClF2N4O/c1-13-8-16(22)10-18(29)20(13)17-9-15-4-7-28(21(15)26-25-17)11-14-2-5-27(6-3-14)12-19(23)24/h4,7-10,14,19,29H,2-3,5-6,11-12H2,1H3. The Bertz CT molecular complexity index is 992. The Kier molecular flexibility index (Phi) is 5.69. The van der Waals surface area contributed by atoms with Gasteiger partial charge in [-0.25, -0.2) is 8.78 Å². The molecule has 0 saturated carbocycles. The molecule has 1 saturated heterocycles. The van der Waals surface area contributed by atoms with Gasteiger partial charge in [0.25, 0.3) is 6.43 Å². The van der Waals surface area contributed by atoms with Crippen molar-refractivity contribution < 1.29 is 13.9 Å². The van der Waals surface area contributed by atoms with E-state index < -0.39 is 6.43 Å². The molecule has 0 bridgehead atoms. The third-order valence-corrected chi connectivity index (χ3v) is 5.82. The van der Waals surface area contributed by atoms with Crippen molar-refractivity contribution in [2.45, 2.75) is 32.7 Å². The summed E-state index contributed by atoms with van der Waals surface area (Å²) in [6.45, 7) is 3.95. The average molecular weight is 421 g/mol. The highest BCUT2D eigenvalue weighted by Gasteiger charge is 2.22. The zero-order valence-corrected chi connectivity index (χ0v) is 16.9. The van der Waals surface area contributed by atoms with E-state index in [9.17, 15) is 13.9 Å². The number of benzene rings is 1. The summed E-state index contributed by atoms with van der Waals surface area (Å²) in [5.74, 6) is 0.516. The Morgan fingerprint density at radius 3 is 2.66 bits per heavy atom. The number of phenolic OH excluding ortho intramolecular Hbond substituents is 1. The Hall–Kier alpha value is -2.25. The predicted octanol–water partition coefficient (Wildman–Crippen LogP) is 4.74. The second-order valence-corrected chi connectivity index (χ2v) is 8.16. The van der Waals surface area contributed by atoms with E-state index in [4.69, 9.17) is 11.6 Å². The second-order valence-electron chi connectivity index (χ2n) is 7.73. The van der Waals surface area contributed by atoms with Crippen LogP contribution in [0.3, 0.4) is 0 Å². The van der Waals surface area contributed by atoms with Crippen LogP contribution >= 0.6 is 11.6 Å². The van der Waals surface area contributed by atoms with E-state index in [1.54, 1.807) is 6.07 Å². The van der Waals surface area contributed by atoms with Gasteiger partial charge in [-0.2, -0.15) is 0 Å². The molecule has 0 aliphatic carbocycles. The molecule has 0 atom stereocenters. The van der Waals surface area contributed by atoms with Crippen molar-refractivity contribution in [2.24, 2.45) is 5.92 Å².